The molecule has 3 aromatic rings. The van der Waals surface area contributed by atoms with Crippen molar-refractivity contribution in [2.24, 2.45) is 0 Å². The average molecular weight is 384 g/mol. The molecule has 0 radical (unpaired) electrons. The van der Waals surface area contributed by atoms with Crippen LogP contribution < -0.4 is 16.6 Å². The molecular formula is C18H20N6O2S. The van der Waals surface area contributed by atoms with Gasteiger partial charge >= 0.3 is 0 Å². The molecule has 140 valence electrons. The minimum absolute atomic E-state index is 0.00358. The molecule has 0 aromatic carbocycles. The third-order valence-electron chi connectivity index (χ3n) is 4.04. The van der Waals surface area contributed by atoms with Gasteiger partial charge in [0.05, 0.1) is 31.4 Å². The van der Waals surface area contributed by atoms with Crippen LogP contribution in [0, 0.1) is 6.92 Å². The molecule has 0 atom stereocenters. The van der Waals surface area contributed by atoms with E-state index in [0.29, 0.717) is 34.9 Å². The number of aryl methyl sites for hydroxylation is 3. The lowest BCUT2D eigenvalue weighted by atomic mass is 10.1. The highest BCUT2D eigenvalue weighted by atomic mass is 32.1. The first-order valence-corrected chi connectivity index (χ1v) is 9.33. The molecule has 0 aliphatic heterocycles. The van der Waals surface area contributed by atoms with Gasteiger partial charge in [-0.05, 0) is 24.6 Å². The van der Waals surface area contributed by atoms with Crippen molar-refractivity contribution in [2.45, 2.75) is 32.9 Å². The van der Waals surface area contributed by atoms with Gasteiger partial charge in [-0.3, -0.25) is 14.6 Å². The summed E-state index contributed by atoms with van der Waals surface area (Å²) in [6.45, 7) is 2.47. The number of amides is 1. The Hall–Kier alpha value is -3.07. The number of hydrogen-bond acceptors (Lipinski definition) is 7. The fraction of sp³-hybridized carbons (Fsp3) is 0.278. The van der Waals surface area contributed by atoms with Gasteiger partial charge in [0.2, 0.25) is 5.91 Å². The van der Waals surface area contributed by atoms with E-state index in [-0.39, 0.29) is 24.4 Å². The largest absolute Gasteiger partial charge is 0.375 e. The van der Waals surface area contributed by atoms with Crippen molar-refractivity contribution >= 4 is 22.4 Å². The van der Waals surface area contributed by atoms with Crippen molar-refractivity contribution in [1.29, 1.82) is 0 Å². The molecule has 3 heterocycles. The lowest BCUT2D eigenvalue weighted by Gasteiger charge is -2.10. The molecule has 0 saturated heterocycles. The number of nitrogens with zero attached hydrogens (tertiary/aromatic N) is 4. The summed E-state index contributed by atoms with van der Waals surface area (Å²) in [5.74, 6) is -0.246. The maximum Gasteiger partial charge on any atom is 0.270 e. The van der Waals surface area contributed by atoms with Crippen LogP contribution in [0.25, 0.3) is 0 Å². The quantitative estimate of drug-likeness (QED) is 0.630. The molecule has 0 unspecified atom stereocenters. The van der Waals surface area contributed by atoms with E-state index in [1.54, 1.807) is 24.7 Å². The van der Waals surface area contributed by atoms with E-state index < -0.39 is 0 Å². The number of carbonyl (C=O) groups excluding carboxylic acids is 1. The molecule has 0 spiro atoms. The zero-order valence-corrected chi connectivity index (χ0v) is 15.7. The molecule has 3 N–H and O–H groups in total. The third-order valence-corrected chi connectivity index (χ3v) is 4.76. The molecule has 27 heavy (non-hydrogen) atoms. The van der Waals surface area contributed by atoms with Crippen LogP contribution in [0.1, 0.15) is 22.5 Å². The predicted octanol–water partition coefficient (Wildman–Crippen LogP) is 1.09. The van der Waals surface area contributed by atoms with Gasteiger partial charge in [-0.1, -0.05) is 6.07 Å². The van der Waals surface area contributed by atoms with Gasteiger partial charge in [0.1, 0.15) is 0 Å². The second-order valence-electron chi connectivity index (χ2n) is 6.04. The fourth-order valence-electron chi connectivity index (χ4n) is 2.57. The monoisotopic (exact) mass is 384 g/mol. The van der Waals surface area contributed by atoms with E-state index in [2.05, 4.69) is 20.4 Å². The van der Waals surface area contributed by atoms with Crippen molar-refractivity contribution in [3.63, 3.8) is 0 Å². The second kappa shape index (κ2) is 8.54. The van der Waals surface area contributed by atoms with Crippen molar-refractivity contribution in [2.75, 3.05) is 5.73 Å². The summed E-state index contributed by atoms with van der Waals surface area (Å²) in [5.41, 5.74) is 8.05. The molecule has 0 bridgehead atoms. The van der Waals surface area contributed by atoms with Crippen LogP contribution in [0.5, 0.6) is 0 Å². The molecule has 3 rings (SSSR count). The summed E-state index contributed by atoms with van der Waals surface area (Å²) < 4.78 is 1.38. The molecule has 0 saturated carbocycles. The lowest BCUT2D eigenvalue weighted by molar-refractivity contribution is -0.120. The number of anilines is 1. The first kappa shape index (κ1) is 18.7. The summed E-state index contributed by atoms with van der Waals surface area (Å²) in [6.07, 6.45) is 3.92. The highest BCUT2D eigenvalue weighted by Crippen LogP contribution is 2.10. The Bertz CT molecular complexity index is 983. The highest BCUT2D eigenvalue weighted by molar-refractivity contribution is 7.13. The van der Waals surface area contributed by atoms with Crippen LogP contribution in [-0.2, 0) is 30.7 Å². The Labute approximate surface area is 160 Å². The molecule has 9 heteroatoms. The van der Waals surface area contributed by atoms with Crippen LogP contribution in [-0.4, -0.2) is 25.7 Å². The van der Waals surface area contributed by atoms with E-state index in [4.69, 9.17) is 5.73 Å². The van der Waals surface area contributed by atoms with Gasteiger partial charge in [-0.25, -0.2) is 9.67 Å². The Balaban J connectivity index is 1.65. The molecule has 0 aliphatic carbocycles. The number of carbonyl (C=O) groups is 1. The van der Waals surface area contributed by atoms with Gasteiger partial charge in [0.15, 0.2) is 5.13 Å². The number of pyridine rings is 1. The van der Waals surface area contributed by atoms with Gasteiger partial charge in [-0.15, -0.1) is 11.3 Å². The Morgan fingerprint density at radius 3 is 2.89 bits per heavy atom. The molecule has 0 aliphatic rings. The van der Waals surface area contributed by atoms with Crippen LogP contribution >= 0.6 is 11.3 Å². The topological polar surface area (TPSA) is 116 Å². The Morgan fingerprint density at radius 1 is 1.33 bits per heavy atom. The summed E-state index contributed by atoms with van der Waals surface area (Å²) in [4.78, 5) is 33.3. The maximum atomic E-state index is 12.7. The number of rotatable bonds is 7. The van der Waals surface area contributed by atoms with Gasteiger partial charge in [0.25, 0.3) is 5.56 Å². The van der Waals surface area contributed by atoms with Crippen molar-refractivity contribution in [3.05, 3.63) is 68.8 Å². The standard InChI is InChI=1S/C18H20N6O2S/c1-12-9-22-24(7-5-13-4-2-3-6-20-13)17(26)15(12)8-16(25)21-10-14-11-27-18(19)23-14/h2-4,6,9,11H,5,7-8,10H2,1H3,(H2,19,23)(H,21,25). The van der Waals surface area contributed by atoms with Gasteiger partial charge < -0.3 is 11.1 Å². The van der Waals surface area contributed by atoms with E-state index >= 15 is 0 Å². The number of hydrogen-bond donors (Lipinski definition) is 2. The van der Waals surface area contributed by atoms with Crippen LogP contribution in [0.2, 0.25) is 0 Å². The number of nitrogen functional groups attached to an aromatic ring is 1. The minimum atomic E-state index is -0.251. The maximum absolute atomic E-state index is 12.7. The lowest BCUT2D eigenvalue weighted by Crippen LogP contribution is -2.32. The predicted molar refractivity (Wildman–Crippen MR) is 103 cm³/mol. The number of thiazole rings is 1. The minimum Gasteiger partial charge on any atom is -0.375 e. The molecule has 8 nitrogen and oxygen atoms in total. The van der Waals surface area contributed by atoms with E-state index in [1.807, 2.05) is 18.2 Å². The number of nitrogens with one attached hydrogen (secondary N) is 1. The second-order valence-corrected chi connectivity index (χ2v) is 6.93. The van der Waals surface area contributed by atoms with Crippen LogP contribution in [0.15, 0.2) is 40.8 Å². The normalized spacial score (nSPS) is 10.7. The van der Waals surface area contributed by atoms with Crippen LogP contribution in [0.4, 0.5) is 5.13 Å². The number of nitrogens with two attached hydrogens (primary N) is 1. The fourth-order valence-corrected chi connectivity index (χ4v) is 3.13. The molecule has 1 amide bonds. The van der Waals surface area contributed by atoms with Crippen LogP contribution in [0.3, 0.4) is 0 Å². The highest BCUT2D eigenvalue weighted by Gasteiger charge is 2.13. The number of aromatic nitrogens is 4. The summed E-state index contributed by atoms with van der Waals surface area (Å²) in [6, 6.07) is 5.65. The van der Waals surface area contributed by atoms with E-state index in [9.17, 15) is 9.59 Å². The Morgan fingerprint density at radius 2 is 2.19 bits per heavy atom. The third kappa shape index (κ3) is 4.98. The van der Waals surface area contributed by atoms with E-state index in [1.165, 1.54) is 16.0 Å². The first-order chi connectivity index (χ1) is 13.0. The van der Waals surface area contributed by atoms with Gasteiger partial charge in [-0.2, -0.15) is 5.10 Å². The van der Waals surface area contributed by atoms with Gasteiger partial charge in [0, 0.05) is 29.3 Å². The smallest absolute Gasteiger partial charge is 0.270 e. The molecule has 3 aromatic heterocycles. The van der Waals surface area contributed by atoms with Crippen molar-refractivity contribution in [1.82, 2.24) is 25.1 Å². The summed E-state index contributed by atoms with van der Waals surface area (Å²) in [7, 11) is 0. The molecule has 0 fully saturated rings. The SMILES string of the molecule is Cc1cnn(CCc2ccccn2)c(=O)c1CC(=O)NCc1csc(N)n1. The van der Waals surface area contributed by atoms with Crippen molar-refractivity contribution < 1.29 is 4.79 Å². The van der Waals surface area contributed by atoms with E-state index in [0.717, 1.165) is 5.69 Å². The first-order valence-electron chi connectivity index (χ1n) is 8.45. The van der Waals surface area contributed by atoms with Crippen molar-refractivity contribution in [3.8, 4) is 0 Å². The summed E-state index contributed by atoms with van der Waals surface area (Å²) in [5, 5.41) is 9.19. The summed E-state index contributed by atoms with van der Waals surface area (Å²) >= 11 is 1.32. The Kier molecular flexibility index (Phi) is 5.92. The zero-order chi connectivity index (χ0) is 19.2. The zero-order valence-electron chi connectivity index (χ0n) is 14.9. The molecular weight excluding hydrogens is 364 g/mol. The average Bonchev–Trinajstić information content (AvgIpc) is 3.09.